The van der Waals surface area contributed by atoms with E-state index in [0.29, 0.717) is 49.8 Å². The molecule has 2 amide bonds. The van der Waals surface area contributed by atoms with Crippen LogP contribution in [0.5, 0.6) is 5.75 Å². The summed E-state index contributed by atoms with van der Waals surface area (Å²) in [5.41, 5.74) is 1.77. The van der Waals surface area contributed by atoms with Crippen molar-refractivity contribution in [3.8, 4) is 5.75 Å². The number of nitrogens with zero attached hydrogens (tertiary/aromatic N) is 2. The third-order valence-electron chi connectivity index (χ3n) is 8.45. The summed E-state index contributed by atoms with van der Waals surface area (Å²) in [6.45, 7) is 12.0. The van der Waals surface area contributed by atoms with Crippen molar-refractivity contribution in [2.45, 2.75) is 71.4 Å². The molecule has 2 aliphatic heterocycles. The van der Waals surface area contributed by atoms with E-state index < -0.39 is 0 Å². The zero-order valence-electron chi connectivity index (χ0n) is 24.5. The van der Waals surface area contributed by atoms with Crippen LogP contribution in [0, 0.1) is 17.8 Å². The van der Waals surface area contributed by atoms with Gasteiger partial charge in [-0.05, 0) is 75.5 Å². The van der Waals surface area contributed by atoms with Crippen molar-refractivity contribution in [2.75, 3.05) is 59.7 Å². The van der Waals surface area contributed by atoms with Gasteiger partial charge in [-0.2, -0.15) is 0 Å². The maximum absolute atomic E-state index is 13.8. The molecular formula is C31H49N3O5. The van der Waals surface area contributed by atoms with Crippen LogP contribution in [0.4, 0.5) is 0 Å². The molecule has 4 rings (SSSR count). The minimum atomic E-state index is -0.00194. The van der Waals surface area contributed by atoms with Crippen LogP contribution in [-0.2, 0) is 20.7 Å². The molecule has 0 aromatic heterocycles. The van der Waals surface area contributed by atoms with Gasteiger partial charge in [-0.15, -0.1) is 0 Å². The lowest BCUT2D eigenvalue weighted by Crippen LogP contribution is -2.46. The Kier molecular flexibility index (Phi) is 11.1. The average Bonchev–Trinajstić information content (AvgIpc) is 3.70. The summed E-state index contributed by atoms with van der Waals surface area (Å²) < 4.78 is 16.8. The number of benzene rings is 1. The number of carbonyl (C=O) groups is 2. The molecule has 0 bridgehead atoms. The zero-order chi connectivity index (χ0) is 27.8. The first kappa shape index (κ1) is 29.8. The number of nitrogens with one attached hydrogen (secondary N) is 1. The molecule has 3 atom stereocenters. The van der Waals surface area contributed by atoms with Crippen LogP contribution in [0.2, 0.25) is 0 Å². The van der Waals surface area contributed by atoms with Gasteiger partial charge in [0.15, 0.2) is 0 Å². The number of rotatable bonds is 14. The molecule has 218 valence electrons. The minimum absolute atomic E-state index is 0.00194. The molecule has 8 heteroatoms. The number of aryl methyl sites for hydroxylation is 1. The van der Waals surface area contributed by atoms with Crippen molar-refractivity contribution in [3.05, 3.63) is 29.3 Å². The van der Waals surface area contributed by atoms with Crippen molar-refractivity contribution in [1.82, 2.24) is 15.1 Å². The smallest absolute Gasteiger partial charge is 0.254 e. The van der Waals surface area contributed by atoms with Gasteiger partial charge in [0.05, 0.1) is 19.1 Å². The van der Waals surface area contributed by atoms with Gasteiger partial charge in [0.1, 0.15) is 5.75 Å². The molecule has 3 aliphatic rings. The predicted molar refractivity (Wildman–Crippen MR) is 152 cm³/mol. The number of ether oxygens (including phenoxy) is 3. The second-order valence-corrected chi connectivity index (χ2v) is 11.7. The van der Waals surface area contributed by atoms with E-state index in [1.165, 1.54) is 0 Å². The van der Waals surface area contributed by atoms with Gasteiger partial charge in [-0.3, -0.25) is 9.59 Å². The van der Waals surface area contributed by atoms with Crippen molar-refractivity contribution in [1.29, 1.82) is 0 Å². The molecule has 8 nitrogen and oxygen atoms in total. The van der Waals surface area contributed by atoms with Gasteiger partial charge >= 0.3 is 0 Å². The third kappa shape index (κ3) is 7.95. The van der Waals surface area contributed by atoms with Gasteiger partial charge in [0.2, 0.25) is 5.91 Å². The highest BCUT2D eigenvalue weighted by Gasteiger charge is 2.40. The first-order valence-corrected chi connectivity index (χ1v) is 15.1. The number of amides is 2. The van der Waals surface area contributed by atoms with E-state index in [0.717, 1.165) is 76.1 Å². The highest BCUT2D eigenvalue weighted by molar-refractivity contribution is 5.95. The van der Waals surface area contributed by atoms with Gasteiger partial charge in [-0.25, -0.2) is 0 Å². The molecule has 1 aromatic carbocycles. The Labute approximate surface area is 234 Å². The SMILES string of the molecule is CCc1ccc(C(=O)N(C[C@@H]2CNC[C@H]2CN(C(=O)[C@H]2CCCOC2)C2CC2)C(C)C)cc1OCCCOC. The van der Waals surface area contributed by atoms with Crippen LogP contribution in [0.3, 0.4) is 0 Å². The number of methoxy groups -OCH3 is 1. The second-order valence-electron chi connectivity index (χ2n) is 11.7. The van der Waals surface area contributed by atoms with Crippen LogP contribution >= 0.6 is 0 Å². The predicted octanol–water partition coefficient (Wildman–Crippen LogP) is 3.77. The summed E-state index contributed by atoms with van der Waals surface area (Å²) in [5.74, 6) is 1.72. The van der Waals surface area contributed by atoms with E-state index >= 15 is 0 Å². The van der Waals surface area contributed by atoms with Crippen LogP contribution < -0.4 is 10.1 Å². The largest absolute Gasteiger partial charge is 0.493 e. The Morgan fingerprint density at radius 3 is 2.51 bits per heavy atom. The van der Waals surface area contributed by atoms with Crippen LogP contribution in [0.15, 0.2) is 18.2 Å². The Balaban J connectivity index is 1.43. The summed E-state index contributed by atoms with van der Waals surface area (Å²) in [5, 5.41) is 3.56. The molecule has 2 saturated heterocycles. The Hall–Kier alpha value is -2.16. The fourth-order valence-electron chi connectivity index (χ4n) is 5.89. The monoisotopic (exact) mass is 543 g/mol. The molecular weight excluding hydrogens is 494 g/mol. The Bertz CT molecular complexity index is 944. The van der Waals surface area contributed by atoms with Gasteiger partial charge in [0, 0.05) is 70.6 Å². The van der Waals surface area contributed by atoms with Gasteiger partial charge < -0.3 is 29.3 Å². The molecule has 3 fully saturated rings. The molecule has 1 N–H and O–H groups in total. The standard InChI is InChI=1S/C31H49N3O5/c1-5-23-9-10-24(16-29(23)39-15-7-13-37-4)30(35)33(22(2)3)19-26-17-32-18-27(26)20-34(28-11-12-28)31(36)25-8-6-14-38-21-25/h9-10,16,22,25-28,32H,5-8,11-15,17-21H2,1-4H3/t25-,26-,27-/m0/s1. The van der Waals surface area contributed by atoms with Gasteiger partial charge in [-0.1, -0.05) is 13.0 Å². The van der Waals surface area contributed by atoms with Crippen molar-refractivity contribution in [2.24, 2.45) is 17.8 Å². The molecule has 0 spiro atoms. The lowest BCUT2D eigenvalue weighted by Gasteiger charge is -2.35. The van der Waals surface area contributed by atoms with E-state index in [2.05, 4.69) is 31.0 Å². The normalized spacial score (nSPS) is 23.2. The molecule has 0 unspecified atom stereocenters. The van der Waals surface area contributed by atoms with Crippen LogP contribution in [0.1, 0.15) is 68.8 Å². The lowest BCUT2D eigenvalue weighted by atomic mass is 9.92. The fraction of sp³-hybridized carbons (Fsp3) is 0.742. The average molecular weight is 544 g/mol. The first-order chi connectivity index (χ1) is 18.9. The van der Waals surface area contributed by atoms with Crippen molar-refractivity contribution >= 4 is 11.8 Å². The highest BCUT2D eigenvalue weighted by Crippen LogP contribution is 2.33. The van der Waals surface area contributed by atoms with Crippen LogP contribution in [-0.4, -0.2) is 93.4 Å². The summed E-state index contributed by atoms with van der Waals surface area (Å²) >= 11 is 0. The van der Waals surface area contributed by atoms with E-state index in [-0.39, 0.29) is 23.8 Å². The summed E-state index contributed by atoms with van der Waals surface area (Å²) in [6, 6.07) is 6.31. The third-order valence-corrected chi connectivity index (χ3v) is 8.45. The summed E-state index contributed by atoms with van der Waals surface area (Å²) in [7, 11) is 1.69. The molecule has 1 aliphatic carbocycles. The van der Waals surface area contributed by atoms with Crippen molar-refractivity contribution in [3.63, 3.8) is 0 Å². The molecule has 1 aromatic rings. The number of carbonyl (C=O) groups excluding carboxylic acids is 2. The molecule has 2 heterocycles. The van der Waals surface area contributed by atoms with E-state index in [9.17, 15) is 9.59 Å². The van der Waals surface area contributed by atoms with E-state index in [4.69, 9.17) is 14.2 Å². The zero-order valence-corrected chi connectivity index (χ0v) is 24.5. The van der Waals surface area contributed by atoms with E-state index in [1.54, 1.807) is 7.11 Å². The number of hydrogen-bond acceptors (Lipinski definition) is 6. The minimum Gasteiger partial charge on any atom is -0.493 e. The van der Waals surface area contributed by atoms with Crippen LogP contribution in [0.25, 0.3) is 0 Å². The summed E-state index contributed by atoms with van der Waals surface area (Å²) in [4.78, 5) is 31.4. The maximum Gasteiger partial charge on any atom is 0.254 e. The summed E-state index contributed by atoms with van der Waals surface area (Å²) in [6.07, 6.45) is 5.75. The molecule has 1 saturated carbocycles. The highest BCUT2D eigenvalue weighted by atomic mass is 16.5. The lowest BCUT2D eigenvalue weighted by molar-refractivity contribution is -0.141. The molecule has 0 radical (unpaired) electrons. The van der Waals surface area contributed by atoms with Crippen molar-refractivity contribution < 1.29 is 23.8 Å². The fourth-order valence-corrected chi connectivity index (χ4v) is 5.89. The first-order valence-electron chi connectivity index (χ1n) is 15.1. The van der Waals surface area contributed by atoms with E-state index in [1.807, 2.05) is 23.1 Å². The number of hydrogen-bond donors (Lipinski definition) is 1. The maximum atomic E-state index is 13.8. The Morgan fingerprint density at radius 2 is 1.87 bits per heavy atom. The topological polar surface area (TPSA) is 80.3 Å². The quantitative estimate of drug-likeness (QED) is 0.360. The Morgan fingerprint density at radius 1 is 1.10 bits per heavy atom. The van der Waals surface area contributed by atoms with Gasteiger partial charge in [0.25, 0.3) is 5.91 Å². The second kappa shape index (κ2) is 14.5. The molecule has 39 heavy (non-hydrogen) atoms.